The van der Waals surface area contributed by atoms with Gasteiger partial charge in [-0.05, 0) is 118 Å². The number of carbonyl (C=O) groups excluding carboxylic acids is 3. The highest BCUT2D eigenvalue weighted by Crippen LogP contribution is 2.53. The molecule has 18 nitrogen and oxygen atoms in total. The Labute approximate surface area is 427 Å². The molecule has 7 aromatic rings. The van der Waals surface area contributed by atoms with Crippen LogP contribution in [0.15, 0.2) is 65.6 Å². The average Bonchev–Trinajstić information content (AvgIpc) is 3.78. The van der Waals surface area contributed by atoms with Crippen LogP contribution in [0.1, 0.15) is 90.5 Å². The van der Waals surface area contributed by atoms with Crippen molar-refractivity contribution >= 4 is 56.4 Å². The fourth-order valence-corrected chi connectivity index (χ4v) is 11.1. The van der Waals surface area contributed by atoms with E-state index in [9.17, 15) is 19.2 Å². The van der Waals surface area contributed by atoms with Crippen LogP contribution in [0.2, 0.25) is 0 Å². The smallest absolute Gasteiger partial charge is 0.329 e. The number of aromatic amines is 1. The van der Waals surface area contributed by atoms with E-state index >= 15 is 4.39 Å². The van der Waals surface area contributed by atoms with Crippen molar-refractivity contribution in [3.63, 3.8) is 0 Å². The molecule has 1 saturated carbocycles. The Bertz CT molecular complexity index is 3400. The molecule has 3 aromatic heterocycles. The van der Waals surface area contributed by atoms with E-state index < -0.39 is 11.9 Å². The summed E-state index contributed by atoms with van der Waals surface area (Å²) in [5, 5.41) is 14.8. The first-order chi connectivity index (χ1) is 35.8. The number of likely N-dealkylation sites (N-methyl/N-ethyl adjacent to an activating group) is 1. The summed E-state index contributed by atoms with van der Waals surface area (Å²) in [7, 11) is 5.38. The number of aromatic nitrogens is 6. The lowest BCUT2D eigenvalue weighted by Crippen LogP contribution is -2.53. The topological polar surface area (TPSA) is 194 Å². The quantitative estimate of drug-likeness (QED) is 0.0975. The molecule has 3 amide bonds. The summed E-state index contributed by atoms with van der Waals surface area (Å²) in [6.07, 6.45) is 4.87. The van der Waals surface area contributed by atoms with Crippen LogP contribution in [-0.4, -0.2) is 128 Å². The molecular weight excluding hydrogens is 946 g/mol. The minimum atomic E-state index is -0.747. The first kappa shape index (κ1) is 49.0. The fraction of sp³-hybridized carbons (Fsp3) is 0.436. The Morgan fingerprint density at radius 3 is 2.47 bits per heavy atom. The molecule has 386 valence electrons. The maximum Gasteiger partial charge on any atom is 0.329 e. The molecule has 1 aliphatic carbocycles. The summed E-state index contributed by atoms with van der Waals surface area (Å²) in [5.41, 5.74) is 7.55. The molecule has 11 rings (SSSR count). The highest BCUT2D eigenvalue weighted by atomic mass is 19.1. The van der Waals surface area contributed by atoms with Gasteiger partial charge in [0.05, 0.1) is 28.9 Å². The first-order valence-electron chi connectivity index (χ1n) is 25.6. The maximum atomic E-state index is 16.0. The number of benzene rings is 4. The second-order valence-electron chi connectivity index (χ2n) is 20.5. The van der Waals surface area contributed by atoms with Crippen LogP contribution < -0.4 is 30.7 Å². The van der Waals surface area contributed by atoms with E-state index in [0.29, 0.717) is 70.7 Å². The van der Waals surface area contributed by atoms with E-state index in [0.717, 1.165) is 71.2 Å². The largest absolute Gasteiger partial charge is 0.486 e. The van der Waals surface area contributed by atoms with Gasteiger partial charge in [-0.15, -0.1) is 0 Å². The van der Waals surface area contributed by atoms with Crippen LogP contribution in [0, 0.1) is 12.7 Å². The number of nitrogens with one attached hydrogen (secondary N) is 3. The lowest BCUT2D eigenvalue weighted by atomic mass is 9.88. The third kappa shape index (κ3) is 9.14. The lowest BCUT2D eigenvalue weighted by Gasteiger charge is -2.40. The molecule has 0 bridgehead atoms. The number of ether oxygens (including phenoxy) is 3. The Kier molecular flexibility index (Phi) is 13.2. The van der Waals surface area contributed by atoms with Gasteiger partial charge in [0.15, 0.2) is 5.75 Å². The Balaban J connectivity index is 0.859. The standard InChI is InChI=1S/C55H62FN11O7/c1-30-26-65(27-34-9-14-43-45(21-34)64(5)55(71)67(43)44-15-16-46(68)59-52(44)69)19-20-66(30)53(70)36-10-7-33(8-11-36)29-73-50-48(47-32(3)41(56)23-42-40(47)25-58-62-42)38(35-12-13-35)22-39-49(50)60-54(74-28-31(2)72-6)61-51(39)63(4)37-17-18-57-24-37/h7-11,14,21-23,25,30-31,35,37,44,57H,12-13,15-20,24,26-29H2,1-6H3,(H,58,62)(H,59,68,69)/t30-,31-,37-,44?/m0/s1. The van der Waals surface area contributed by atoms with Crippen molar-refractivity contribution in [3.8, 4) is 22.9 Å². The van der Waals surface area contributed by atoms with Gasteiger partial charge in [0.25, 0.3) is 5.91 Å². The molecule has 3 aliphatic heterocycles. The average molecular weight is 1010 g/mol. The highest BCUT2D eigenvalue weighted by Gasteiger charge is 2.36. The number of imidazole rings is 1. The molecule has 0 radical (unpaired) electrons. The van der Waals surface area contributed by atoms with Crippen molar-refractivity contribution < 1.29 is 33.0 Å². The minimum Gasteiger partial charge on any atom is -0.486 e. The Hall–Kier alpha value is -7.22. The van der Waals surface area contributed by atoms with Crippen molar-refractivity contribution in [1.82, 2.24) is 49.7 Å². The first-order valence-corrected chi connectivity index (χ1v) is 25.6. The van der Waals surface area contributed by atoms with Gasteiger partial charge < -0.3 is 29.3 Å². The van der Waals surface area contributed by atoms with Gasteiger partial charge in [-0.3, -0.25) is 38.8 Å². The molecule has 6 heterocycles. The second kappa shape index (κ2) is 19.9. The number of rotatable bonds is 15. The number of nitrogens with zero attached hydrogens (tertiary/aromatic N) is 8. The Morgan fingerprint density at radius 2 is 1.74 bits per heavy atom. The van der Waals surface area contributed by atoms with Crippen molar-refractivity contribution in [3.05, 3.63) is 105 Å². The number of fused-ring (bicyclic) bond motifs is 3. The summed E-state index contributed by atoms with van der Waals surface area (Å²) in [6, 6.07) is 16.6. The molecule has 0 spiro atoms. The molecule has 4 aromatic carbocycles. The Morgan fingerprint density at radius 1 is 0.946 bits per heavy atom. The van der Waals surface area contributed by atoms with Crippen LogP contribution in [0.4, 0.5) is 10.2 Å². The minimum absolute atomic E-state index is 0.0620. The van der Waals surface area contributed by atoms with Crippen LogP contribution in [-0.2, 0) is 34.5 Å². The fourth-order valence-electron chi connectivity index (χ4n) is 11.1. The number of halogens is 1. The molecule has 3 N–H and O–H groups in total. The van der Waals surface area contributed by atoms with Gasteiger partial charge in [0.1, 0.15) is 36.4 Å². The number of piperidine rings is 1. The number of carbonyl (C=O) groups is 3. The molecule has 4 aliphatic rings. The molecule has 3 saturated heterocycles. The third-order valence-corrected chi connectivity index (χ3v) is 15.5. The summed E-state index contributed by atoms with van der Waals surface area (Å²) in [5.74, 6) is 0.217. The molecule has 1 unspecified atom stereocenters. The van der Waals surface area contributed by atoms with Gasteiger partial charge in [0, 0.05) is 99.9 Å². The van der Waals surface area contributed by atoms with Crippen LogP contribution in [0.3, 0.4) is 0 Å². The zero-order chi connectivity index (χ0) is 51.5. The van der Waals surface area contributed by atoms with Crippen molar-refractivity contribution in [1.29, 1.82) is 0 Å². The van der Waals surface area contributed by atoms with E-state index in [1.807, 2.05) is 54.3 Å². The normalized spacial score (nSPS) is 19.9. The summed E-state index contributed by atoms with van der Waals surface area (Å²) < 4.78 is 37.9. The van der Waals surface area contributed by atoms with E-state index in [4.69, 9.17) is 24.2 Å². The van der Waals surface area contributed by atoms with Gasteiger partial charge in [-0.25, -0.2) is 9.18 Å². The van der Waals surface area contributed by atoms with Crippen molar-refractivity contribution in [2.45, 2.75) is 96.2 Å². The second-order valence-corrected chi connectivity index (χ2v) is 20.5. The highest BCUT2D eigenvalue weighted by molar-refractivity contribution is 6.06. The summed E-state index contributed by atoms with van der Waals surface area (Å²) >= 11 is 0. The predicted octanol–water partition coefficient (Wildman–Crippen LogP) is 6.27. The van der Waals surface area contributed by atoms with Crippen molar-refractivity contribution in [2.75, 3.05) is 58.4 Å². The number of amides is 3. The molecule has 4 atom stereocenters. The number of hydrogen-bond acceptors (Lipinski definition) is 13. The third-order valence-electron chi connectivity index (χ3n) is 15.5. The van der Waals surface area contributed by atoms with E-state index in [-0.39, 0.29) is 79.5 Å². The van der Waals surface area contributed by atoms with Gasteiger partial charge in [-0.1, -0.05) is 18.2 Å². The number of imide groups is 1. The number of H-pyrrole nitrogens is 1. The number of piperazine rings is 1. The van der Waals surface area contributed by atoms with E-state index in [1.165, 1.54) is 10.6 Å². The molecule has 74 heavy (non-hydrogen) atoms. The zero-order valence-corrected chi connectivity index (χ0v) is 42.7. The molecule has 4 fully saturated rings. The van der Waals surface area contributed by atoms with Crippen LogP contribution in [0.5, 0.6) is 11.8 Å². The van der Waals surface area contributed by atoms with E-state index in [1.54, 1.807) is 31.8 Å². The maximum absolute atomic E-state index is 16.0. The monoisotopic (exact) mass is 1010 g/mol. The zero-order valence-electron chi connectivity index (χ0n) is 42.7. The van der Waals surface area contributed by atoms with Crippen molar-refractivity contribution in [2.24, 2.45) is 7.05 Å². The number of methoxy groups -OCH3 is 1. The number of aryl methyl sites for hydroxylation is 1. The SMILES string of the molecule is CO[C@@H](C)COc1nc(N(C)[C@H]2CCNC2)c2cc(C3CC3)c(-c3c(C)c(F)cc4[nH]ncc34)c(OCc3ccc(C(=O)N4CCN(Cc5ccc6c(c5)n(C)c(=O)n6C5CCC(=O)NC5=O)C[C@@H]4C)cc3)c2n1. The van der Waals surface area contributed by atoms with Crippen LogP contribution in [0.25, 0.3) is 44.0 Å². The lowest BCUT2D eigenvalue weighted by molar-refractivity contribution is -0.135. The van der Waals surface area contributed by atoms with Crippen LogP contribution >= 0.6 is 0 Å². The molecular formula is C55H62FN11O7. The van der Waals surface area contributed by atoms with E-state index in [2.05, 4.69) is 50.7 Å². The number of hydrogen-bond donors (Lipinski definition) is 3. The van der Waals surface area contributed by atoms with Gasteiger partial charge in [0.2, 0.25) is 11.8 Å². The predicted molar refractivity (Wildman–Crippen MR) is 278 cm³/mol. The molecule has 19 heteroatoms. The summed E-state index contributed by atoms with van der Waals surface area (Å²) in [4.78, 5) is 68.7. The summed E-state index contributed by atoms with van der Waals surface area (Å²) in [6.45, 7) is 10.3. The van der Waals surface area contributed by atoms with Gasteiger partial charge in [-0.2, -0.15) is 15.1 Å². The van der Waals surface area contributed by atoms with Gasteiger partial charge >= 0.3 is 11.7 Å². The number of anilines is 1.